The molecular formula is C30H44O2. The standard InChI is InChI=1S/C30H44O2/c1-3-5-7-8-9-11-12-24-14-16-25(17-15-24)26-18-19-28-23-29(21-20-27(28)22-26)32-30(31)13-10-6-4-2/h18-25H,3-17H2,1-2H3/t24-,25-. The van der Waals surface area contributed by atoms with Crippen LogP contribution in [-0.4, -0.2) is 5.97 Å². The van der Waals surface area contributed by atoms with Crippen molar-refractivity contribution in [3.05, 3.63) is 42.0 Å². The summed E-state index contributed by atoms with van der Waals surface area (Å²) in [5.74, 6) is 2.21. The molecule has 2 aromatic carbocycles. The zero-order valence-corrected chi connectivity index (χ0v) is 20.5. The van der Waals surface area contributed by atoms with Crippen LogP contribution in [0, 0.1) is 5.92 Å². The Labute approximate surface area is 196 Å². The molecule has 2 heteroatoms. The molecule has 1 aliphatic carbocycles. The molecule has 0 amide bonds. The van der Waals surface area contributed by atoms with Crippen LogP contribution in [0.25, 0.3) is 10.8 Å². The summed E-state index contributed by atoms with van der Waals surface area (Å²) in [5.41, 5.74) is 1.49. The number of carbonyl (C=O) groups is 1. The van der Waals surface area contributed by atoms with Crippen LogP contribution in [0.3, 0.4) is 0 Å². The maximum atomic E-state index is 12.0. The van der Waals surface area contributed by atoms with Crippen molar-refractivity contribution in [2.75, 3.05) is 0 Å². The third-order valence-electron chi connectivity index (χ3n) is 7.34. The zero-order chi connectivity index (χ0) is 22.6. The average Bonchev–Trinajstić information content (AvgIpc) is 2.81. The van der Waals surface area contributed by atoms with E-state index in [1.807, 2.05) is 12.1 Å². The third kappa shape index (κ3) is 7.94. The normalized spacial score (nSPS) is 18.7. The van der Waals surface area contributed by atoms with Crippen molar-refractivity contribution in [3.63, 3.8) is 0 Å². The van der Waals surface area contributed by atoms with Crippen LogP contribution in [0.2, 0.25) is 0 Å². The van der Waals surface area contributed by atoms with E-state index in [4.69, 9.17) is 4.74 Å². The van der Waals surface area contributed by atoms with Crippen molar-refractivity contribution >= 4 is 16.7 Å². The molecule has 1 saturated carbocycles. The largest absolute Gasteiger partial charge is 0.427 e. The monoisotopic (exact) mass is 436 g/mol. The Hall–Kier alpha value is -1.83. The highest BCUT2D eigenvalue weighted by atomic mass is 16.5. The second-order valence-electron chi connectivity index (χ2n) is 9.97. The number of ether oxygens (including phenoxy) is 1. The van der Waals surface area contributed by atoms with Gasteiger partial charge in [-0.25, -0.2) is 0 Å². The van der Waals surface area contributed by atoms with Gasteiger partial charge in [0.2, 0.25) is 0 Å². The number of benzene rings is 2. The quantitative estimate of drug-likeness (QED) is 0.177. The van der Waals surface area contributed by atoms with Gasteiger partial charge in [0.15, 0.2) is 0 Å². The van der Waals surface area contributed by atoms with E-state index in [9.17, 15) is 4.79 Å². The van der Waals surface area contributed by atoms with E-state index in [1.165, 1.54) is 81.6 Å². The van der Waals surface area contributed by atoms with Crippen molar-refractivity contribution in [2.45, 2.75) is 116 Å². The predicted octanol–water partition coefficient (Wildman–Crippen LogP) is 9.35. The van der Waals surface area contributed by atoms with Gasteiger partial charge in [-0.2, -0.15) is 0 Å². The van der Waals surface area contributed by atoms with Crippen molar-refractivity contribution < 1.29 is 9.53 Å². The van der Waals surface area contributed by atoms with Crippen LogP contribution in [0.15, 0.2) is 36.4 Å². The smallest absolute Gasteiger partial charge is 0.311 e. The summed E-state index contributed by atoms with van der Waals surface area (Å²) in [4.78, 5) is 12.0. The van der Waals surface area contributed by atoms with Crippen molar-refractivity contribution in [3.8, 4) is 5.75 Å². The fraction of sp³-hybridized carbons (Fsp3) is 0.633. The van der Waals surface area contributed by atoms with Crippen LogP contribution in [0.5, 0.6) is 5.75 Å². The number of fused-ring (bicyclic) bond motifs is 1. The highest BCUT2D eigenvalue weighted by Crippen LogP contribution is 2.38. The fourth-order valence-corrected chi connectivity index (χ4v) is 5.26. The summed E-state index contributed by atoms with van der Waals surface area (Å²) < 4.78 is 5.55. The topological polar surface area (TPSA) is 26.3 Å². The van der Waals surface area contributed by atoms with Gasteiger partial charge >= 0.3 is 5.97 Å². The van der Waals surface area contributed by atoms with Crippen molar-refractivity contribution in [1.29, 1.82) is 0 Å². The molecule has 0 bridgehead atoms. The fourth-order valence-electron chi connectivity index (χ4n) is 5.26. The first-order valence-corrected chi connectivity index (χ1v) is 13.4. The molecule has 0 heterocycles. The molecule has 176 valence electrons. The van der Waals surface area contributed by atoms with Gasteiger partial charge < -0.3 is 4.74 Å². The molecule has 2 aromatic rings. The lowest BCUT2D eigenvalue weighted by Gasteiger charge is -2.29. The van der Waals surface area contributed by atoms with E-state index >= 15 is 0 Å². The van der Waals surface area contributed by atoms with Crippen LogP contribution < -0.4 is 4.74 Å². The number of hydrogen-bond donors (Lipinski definition) is 0. The molecule has 32 heavy (non-hydrogen) atoms. The molecule has 3 rings (SSSR count). The Balaban J connectivity index is 1.46. The Bertz CT molecular complexity index is 817. The lowest BCUT2D eigenvalue weighted by atomic mass is 9.76. The van der Waals surface area contributed by atoms with Crippen molar-refractivity contribution in [1.82, 2.24) is 0 Å². The Morgan fingerprint density at radius 2 is 1.44 bits per heavy atom. The first kappa shape index (κ1) is 24.8. The first-order valence-electron chi connectivity index (χ1n) is 13.4. The molecular weight excluding hydrogens is 392 g/mol. The molecule has 1 fully saturated rings. The minimum Gasteiger partial charge on any atom is -0.427 e. The molecule has 0 aromatic heterocycles. The summed E-state index contributed by atoms with van der Waals surface area (Å²) in [5, 5.41) is 2.41. The number of hydrogen-bond acceptors (Lipinski definition) is 2. The van der Waals surface area contributed by atoms with Crippen LogP contribution >= 0.6 is 0 Å². The van der Waals surface area contributed by atoms with Gasteiger partial charge in [-0.1, -0.05) is 95.9 Å². The summed E-state index contributed by atoms with van der Waals surface area (Å²) in [6.45, 7) is 4.43. The number of rotatable bonds is 13. The van der Waals surface area contributed by atoms with Gasteiger partial charge in [-0.3, -0.25) is 4.79 Å². The van der Waals surface area contributed by atoms with Crippen molar-refractivity contribution in [2.24, 2.45) is 5.92 Å². The van der Waals surface area contributed by atoms with E-state index in [-0.39, 0.29) is 5.97 Å². The van der Waals surface area contributed by atoms with E-state index < -0.39 is 0 Å². The van der Waals surface area contributed by atoms with Gasteiger partial charge in [-0.15, -0.1) is 0 Å². The SMILES string of the molecule is CCCCCCCC[C@H]1CC[C@H](c2ccc3cc(OC(=O)CCCCC)ccc3c2)CC1. The summed E-state index contributed by atoms with van der Waals surface area (Å²) >= 11 is 0. The Morgan fingerprint density at radius 1 is 0.781 bits per heavy atom. The lowest BCUT2D eigenvalue weighted by Crippen LogP contribution is -2.13. The minimum absolute atomic E-state index is 0.118. The minimum atomic E-state index is -0.118. The first-order chi connectivity index (χ1) is 15.7. The second-order valence-corrected chi connectivity index (χ2v) is 9.97. The molecule has 1 aliphatic rings. The summed E-state index contributed by atoms with van der Waals surface area (Å²) in [6, 6.07) is 12.9. The van der Waals surface area contributed by atoms with E-state index in [2.05, 4.69) is 38.1 Å². The number of unbranched alkanes of at least 4 members (excludes halogenated alkanes) is 7. The highest BCUT2D eigenvalue weighted by Gasteiger charge is 2.22. The van der Waals surface area contributed by atoms with E-state index in [0.717, 1.165) is 30.6 Å². The molecule has 0 spiro atoms. The van der Waals surface area contributed by atoms with Gasteiger partial charge in [-0.05, 0) is 72.4 Å². The predicted molar refractivity (Wildman–Crippen MR) is 136 cm³/mol. The number of esters is 1. The summed E-state index contributed by atoms with van der Waals surface area (Å²) in [7, 11) is 0. The molecule has 0 N–H and O–H groups in total. The van der Waals surface area contributed by atoms with E-state index in [1.54, 1.807) is 0 Å². The maximum Gasteiger partial charge on any atom is 0.311 e. The second kappa shape index (κ2) is 13.7. The Morgan fingerprint density at radius 3 is 2.22 bits per heavy atom. The van der Waals surface area contributed by atoms with Crippen LogP contribution in [0.4, 0.5) is 0 Å². The molecule has 0 aliphatic heterocycles. The van der Waals surface area contributed by atoms with Crippen LogP contribution in [-0.2, 0) is 4.79 Å². The third-order valence-corrected chi connectivity index (χ3v) is 7.34. The molecule has 0 atom stereocenters. The summed E-state index contributed by atoms with van der Waals surface area (Å²) in [6.07, 6.45) is 19.0. The van der Waals surface area contributed by atoms with Gasteiger partial charge in [0.1, 0.15) is 5.75 Å². The molecule has 2 nitrogen and oxygen atoms in total. The molecule has 0 unspecified atom stereocenters. The number of carbonyl (C=O) groups excluding carboxylic acids is 1. The maximum absolute atomic E-state index is 12.0. The van der Waals surface area contributed by atoms with Gasteiger partial charge in [0.25, 0.3) is 0 Å². The zero-order valence-electron chi connectivity index (χ0n) is 20.5. The van der Waals surface area contributed by atoms with E-state index in [0.29, 0.717) is 18.1 Å². The Kier molecular flexibility index (Phi) is 10.6. The highest BCUT2D eigenvalue weighted by molar-refractivity contribution is 5.85. The molecule has 0 radical (unpaired) electrons. The molecule has 0 saturated heterocycles. The lowest BCUT2D eigenvalue weighted by molar-refractivity contribution is -0.134. The van der Waals surface area contributed by atoms with Crippen LogP contribution in [0.1, 0.15) is 122 Å². The average molecular weight is 437 g/mol. The van der Waals surface area contributed by atoms with Gasteiger partial charge in [0.05, 0.1) is 0 Å². The van der Waals surface area contributed by atoms with Gasteiger partial charge in [0, 0.05) is 6.42 Å².